The molecular weight excluding hydrogens is 527 g/mol. The summed E-state index contributed by atoms with van der Waals surface area (Å²) in [6.07, 6.45) is -6.62. The Morgan fingerprint density at radius 2 is 1.79 bits per heavy atom. The number of rotatable bonds is 8. The van der Waals surface area contributed by atoms with E-state index in [1.807, 2.05) is 4.98 Å². The van der Waals surface area contributed by atoms with Crippen LogP contribution in [0.25, 0.3) is 0 Å². The van der Waals surface area contributed by atoms with E-state index < -0.39 is 64.8 Å². The topological polar surface area (TPSA) is 270 Å². The Morgan fingerprint density at radius 3 is 2.29 bits per heavy atom. The summed E-state index contributed by atoms with van der Waals surface area (Å²) in [5.41, 5.74) is 2.59. The van der Waals surface area contributed by atoms with Crippen molar-refractivity contribution in [2.45, 2.75) is 50.8 Å². The molecule has 0 amide bonds. The van der Waals surface area contributed by atoms with Crippen molar-refractivity contribution in [3.05, 3.63) is 32.6 Å². The highest BCUT2D eigenvalue weighted by Crippen LogP contribution is 2.66. The molecule has 7 atom stereocenters. The lowest BCUT2D eigenvalue weighted by molar-refractivity contribution is -0.0760. The number of aliphatic hydroxyl groups is 1. The van der Waals surface area contributed by atoms with Gasteiger partial charge in [0.05, 0.1) is 6.10 Å². The third-order valence-electron chi connectivity index (χ3n) is 4.42. The van der Waals surface area contributed by atoms with Crippen LogP contribution >= 0.6 is 23.5 Å². The lowest BCUT2D eigenvalue weighted by atomic mass is 9.90. The molecule has 0 bridgehead atoms. The number of nitrogens with one attached hydrogen (secondary N) is 1. The van der Waals surface area contributed by atoms with Crippen LogP contribution in [0.15, 0.2) is 15.7 Å². The second-order valence-corrected chi connectivity index (χ2v) is 11.4. The zero-order valence-electron chi connectivity index (χ0n) is 17.7. The number of ether oxygens (including phenoxy) is 1. The smallest absolute Gasteiger partial charge is 0.387 e. The molecule has 1 aromatic heterocycles. The minimum Gasteiger partial charge on any atom is -0.387 e. The van der Waals surface area contributed by atoms with Crippen molar-refractivity contribution >= 4 is 23.5 Å². The summed E-state index contributed by atoms with van der Waals surface area (Å²) >= 11 is 0. The zero-order chi connectivity index (χ0) is 26.3. The third-order valence-corrected chi connectivity index (χ3v) is 8.34. The maximum atomic E-state index is 12.4. The van der Waals surface area contributed by atoms with E-state index in [1.165, 1.54) is 13.8 Å². The van der Waals surface area contributed by atoms with Crippen molar-refractivity contribution in [3.63, 3.8) is 0 Å². The Morgan fingerprint density at radius 1 is 1.21 bits per heavy atom. The number of H-pyrrole nitrogens is 1. The Bertz CT molecular complexity index is 1260. The van der Waals surface area contributed by atoms with Gasteiger partial charge in [0.15, 0.2) is 11.8 Å². The maximum absolute atomic E-state index is 12.4. The molecule has 34 heavy (non-hydrogen) atoms. The first-order chi connectivity index (χ1) is 15.3. The molecule has 1 saturated heterocycles. The number of hydrogen-bond donors (Lipinski definition) is 7. The molecule has 4 unspecified atom stereocenters. The second kappa shape index (κ2) is 9.88. The molecule has 0 spiro atoms. The predicted octanol–water partition coefficient (Wildman–Crippen LogP) is -1.44. The summed E-state index contributed by atoms with van der Waals surface area (Å²) in [5.74, 6) is 4.95. The molecule has 1 aromatic rings. The van der Waals surface area contributed by atoms with Crippen LogP contribution in [-0.4, -0.2) is 58.1 Å². The number of nitrogens with two attached hydrogens (primary N) is 1. The van der Waals surface area contributed by atoms with Crippen LogP contribution in [0.4, 0.5) is 0 Å². The van der Waals surface area contributed by atoms with Gasteiger partial charge in [-0.2, -0.15) is 8.62 Å². The van der Waals surface area contributed by atoms with Crippen LogP contribution in [0.1, 0.15) is 25.8 Å². The molecule has 17 nitrogen and oxygen atoms in total. The molecule has 1 fully saturated rings. The van der Waals surface area contributed by atoms with Gasteiger partial charge in [0.2, 0.25) is 0 Å². The average molecular weight is 549 g/mol. The Balaban J connectivity index is 2.37. The summed E-state index contributed by atoms with van der Waals surface area (Å²) in [4.78, 5) is 62.1. The zero-order valence-corrected chi connectivity index (χ0v) is 20.3. The number of aromatic nitrogens is 2. The van der Waals surface area contributed by atoms with Crippen LogP contribution in [0.5, 0.6) is 0 Å². The largest absolute Gasteiger partial charge is 0.490 e. The lowest BCUT2D eigenvalue weighted by Gasteiger charge is -2.29. The quantitative estimate of drug-likeness (QED) is 0.144. The van der Waals surface area contributed by atoms with Crippen LogP contribution in [0.2, 0.25) is 0 Å². The molecule has 0 aliphatic carbocycles. The summed E-state index contributed by atoms with van der Waals surface area (Å²) in [6.45, 7) is 3.79. The van der Waals surface area contributed by atoms with E-state index in [2.05, 4.69) is 25.0 Å². The first-order valence-corrected chi connectivity index (χ1v) is 13.5. The SMILES string of the molecule is CC#C[C@@]1(N)C(O)C([C@@H](C)OP(=O)(O)OP(=O)(O)OP(=O)(O)O)O[C@H]1n1c(C)cc(=O)[nH]c1=O. The summed E-state index contributed by atoms with van der Waals surface area (Å²) in [5, 5.41) is 10.8. The number of hydrogen-bond acceptors (Lipinski definition) is 11. The molecule has 2 heterocycles. The average Bonchev–Trinajstić information content (AvgIpc) is 2.83. The standard InChI is InChI=1S/C14H22N3O14P3/c1-4-5-14(15)11(19)10(28-12(14)17-7(2)6-9(18)16-13(17)20)8(3)29-33(24,25)31-34(26,27)30-32(21,22)23/h6,8,10-12,19H,15H2,1-3H3,(H,24,25)(H,26,27)(H,16,18,20)(H2,21,22,23)/t8-,10?,11?,12-,14-/m1/s1. The third kappa shape index (κ3) is 6.60. The molecule has 192 valence electrons. The Kier molecular flexibility index (Phi) is 8.36. The first kappa shape index (κ1) is 28.8. The van der Waals surface area contributed by atoms with Gasteiger partial charge in [0.1, 0.15) is 12.2 Å². The monoisotopic (exact) mass is 549 g/mol. The van der Waals surface area contributed by atoms with E-state index >= 15 is 0 Å². The van der Waals surface area contributed by atoms with Crippen LogP contribution in [0, 0.1) is 18.8 Å². The van der Waals surface area contributed by atoms with E-state index in [0.29, 0.717) is 0 Å². The van der Waals surface area contributed by atoms with Crippen molar-refractivity contribution in [2.75, 3.05) is 0 Å². The molecule has 1 aliphatic heterocycles. The van der Waals surface area contributed by atoms with E-state index in [9.17, 15) is 38.2 Å². The second-order valence-electron chi connectivity index (χ2n) is 7.06. The number of phosphoric ester groups is 1. The fraction of sp³-hybridized carbons (Fsp3) is 0.571. The van der Waals surface area contributed by atoms with Gasteiger partial charge < -0.3 is 35.2 Å². The highest BCUT2D eigenvalue weighted by atomic mass is 31.3. The Labute approximate surface area is 190 Å². The van der Waals surface area contributed by atoms with Crippen molar-refractivity contribution in [2.24, 2.45) is 5.73 Å². The van der Waals surface area contributed by atoms with Gasteiger partial charge in [-0.1, -0.05) is 5.92 Å². The van der Waals surface area contributed by atoms with E-state index in [1.54, 1.807) is 0 Å². The number of nitrogens with zero attached hydrogens (tertiary/aromatic N) is 1. The fourth-order valence-electron chi connectivity index (χ4n) is 3.23. The molecule has 0 saturated carbocycles. The van der Waals surface area contributed by atoms with Gasteiger partial charge in [-0.3, -0.25) is 18.9 Å². The summed E-state index contributed by atoms with van der Waals surface area (Å²) in [6, 6.07) is 1.04. The van der Waals surface area contributed by atoms with Crippen molar-refractivity contribution in [3.8, 4) is 11.8 Å². The highest BCUT2D eigenvalue weighted by Gasteiger charge is 2.57. The number of aliphatic hydroxyl groups excluding tert-OH is 1. The normalized spacial score (nSPS) is 29.5. The van der Waals surface area contributed by atoms with Gasteiger partial charge in [-0.05, 0) is 20.8 Å². The Hall–Kier alpha value is -1.47. The lowest BCUT2D eigenvalue weighted by Crippen LogP contribution is -2.56. The summed E-state index contributed by atoms with van der Waals surface area (Å²) < 4.78 is 52.8. The minimum atomic E-state index is -5.78. The number of aryl methyl sites for hydroxylation is 1. The van der Waals surface area contributed by atoms with E-state index in [4.69, 9.17) is 20.3 Å². The first-order valence-electron chi connectivity index (χ1n) is 9.03. The molecule has 0 aromatic carbocycles. The van der Waals surface area contributed by atoms with Crippen LogP contribution < -0.4 is 17.0 Å². The van der Waals surface area contributed by atoms with Gasteiger partial charge in [0.25, 0.3) is 5.56 Å². The van der Waals surface area contributed by atoms with Crippen molar-refractivity contribution in [1.29, 1.82) is 0 Å². The highest BCUT2D eigenvalue weighted by molar-refractivity contribution is 7.66. The molecule has 0 radical (unpaired) electrons. The van der Waals surface area contributed by atoms with Gasteiger partial charge in [-0.25, -0.2) is 18.5 Å². The maximum Gasteiger partial charge on any atom is 0.490 e. The number of aromatic amines is 1. The van der Waals surface area contributed by atoms with Crippen LogP contribution in [0.3, 0.4) is 0 Å². The molecule has 1 aliphatic rings. The van der Waals surface area contributed by atoms with E-state index in [-0.39, 0.29) is 5.69 Å². The van der Waals surface area contributed by atoms with Crippen molar-refractivity contribution in [1.82, 2.24) is 9.55 Å². The summed E-state index contributed by atoms with van der Waals surface area (Å²) in [7, 11) is -17.0. The van der Waals surface area contributed by atoms with E-state index in [0.717, 1.165) is 17.6 Å². The van der Waals surface area contributed by atoms with Gasteiger partial charge in [-0.15, -0.1) is 5.92 Å². The minimum absolute atomic E-state index is 0.0693. The van der Waals surface area contributed by atoms with Gasteiger partial charge >= 0.3 is 29.2 Å². The van der Waals surface area contributed by atoms with Gasteiger partial charge in [0, 0.05) is 11.8 Å². The predicted molar refractivity (Wildman–Crippen MR) is 111 cm³/mol. The molecule has 2 rings (SSSR count). The van der Waals surface area contributed by atoms with Crippen LogP contribution in [-0.2, 0) is 31.6 Å². The van der Waals surface area contributed by atoms with Crippen molar-refractivity contribution < 1.29 is 56.3 Å². The molecule has 8 N–H and O–H groups in total. The fourth-order valence-corrected chi connectivity index (χ4v) is 6.43. The molecule has 20 heteroatoms. The number of phosphoric acid groups is 3. The molecular formula is C14H22N3O14P3.